The topological polar surface area (TPSA) is 117 Å². The molecule has 2 aliphatic rings. The van der Waals surface area contributed by atoms with Gasteiger partial charge in [0.15, 0.2) is 0 Å². The summed E-state index contributed by atoms with van der Waals surface area (Å²) in [6.45, 7) is 0. The minimum absolute atomic E-state index is 0.0931. The Morgan fingerprint density at radius 3 is 2.54 bits per heavy atom. The molecule has 8 heteroatoms. The number of nitrogens with zero attached hydrogens (tertiary/aromatic N) is 2. The quantitative estimate of drug-likeness (QED) is 0.323. The molecule has 0 radical (unpaired) electrons. The molecule has 0 aliphatic carbocycles. The van der Waals surface area contributed by atoms with Gasteiger partial charge in [0.1, 0.15) is 5.71 Å². The van der Waals surface area contributed by atoms with Crippen molar-refractivity contribution in [2.24, 2.45) is 5.16 Å². The van der Waals surface area contributed by atoms with Crippen molar-refractivity contribution in [3.63, 3.8) is 0 Å². The molecule has 3 N–H and O–H groups in total. The van der Waals surface area contributed by atoms with E-state index in [4.69, 9.17) is 0 Å². The van der Waals surface area contributed by atoms with E-state index < -0.39 is 4.92 Å². The number of carbonyl (C=O) groups excluding carboxylic acids is 1. The maximum atomic E-state index is 12.4. The van der Waals surface area contributed by atoms with Crippen molar-refractivity contribution in [1.82, 2.24) is 0 Å². The van der Waals surface area contributed by atoms with Crippen molar-refractivity contribution in [1.29, 1.82) is 0 Å². The third-order valence-corrected chi connectivity index (χ3v) is 3.99. The van der Waals surface area contributed by atoms with Crippen molar-refractivity contribution in [2.45, 2.75) is 0 Å². The van der Waals surface area contributed by atoms with Gasteiger partial charge in [-0.1, -0.05) is 23.4 Å². The lowest BCUT2D eigenvalue weighted by Gasteiger charge is -2.04. The summed E-state index contributed by atoms with van der Waals surface area (Å²) >= 11 is 0. The predicted molar refractivity (Wildman–Crippen MR) is 87.0 cm³/mol. The first-order chi connectivity index (χ1) is 11.6. The molecule has 0 atom stereocenters. The van der Waals surface area contributed by atoms with E-state index in [0.29, 0.717) is 33.8 Å². The van der Waals surface area contributed by atoms with Crippen LogP contribution in [0.15, 0.2) is 53.3 Å². The Hall–Kier alpha value is -3.68. The van der Waals surface area contributed by atoms with Gasteiger partial charge in [-0.05, 0) is 12.1 Å². The zero-order valence-electron chi connectivity index (χ0n) is 12.1. The van der Waals surface area contributed by atoms with Gasteiger partial charge in [0.05, 0.1) is 16.2 Å². The van der Waals surface area contributed by atoms with Gasteiger partial charge in [-0.15, -0.1) is 0 Å². The van der Waals surface area contributed by atoms with Gasteiger partial charge in [-0.3, -0.25) is 14.9 Å². The third kappa shape index (κ3) is 1.86. The second kappa shape index (κ2) is 4.92. The summed E-state index contributed by atoms with van der Waals surface area (Å²) in [5.41, 5.74) is 2.85. The predicted octanol–water partition coefficient (Wildman–Crippen LogP) is 2.56. The first kappa shape index (κ1) is 13.9. The fourth-order valence-corrected chi connectivity index (χ4v) is 2.93. The SMILES string of the molecule is O=C1Nc2ccccc2/C1=C1/Nc2ccc([N+](=O)[O-])cc2/C1=N/O. The van der Waals surface area contributed by atoms with E-state index in [1.54, 1.807) is 24.3 Å². The molecule has 2 aromatic rings. The summed E-state index contributed by atoms with van der Waals surface area (Å²) in [4.78, 5) is 22.8. The Labute approximate surface area is 135 Å². The molecule has 0 aromatic heterocycles. The summed E-state index contributed by atoms with van der Waals surface area (Å²) in [7, 11) is 0. The highest BCUT2D eigenvalue weighted by atomic mass is 16.6. The van der Waals surface area contributed by atoms with Crippen LogP contribution in [0, 0.1) is 10.1 Å². The number of nitro groups is 1. The molecule has 24 heavy (non-hydrogen) atoms. The number of para-hydroxylation sites is 1. The maximum Gasteiger partial charge on any atom is 0.270 e. The lowest BCUT2D eigenvalue weighted by Crippen LogP contribution is -2.12. The Balaban J connectivity index is 1.93. The largest absolute Gasteiger partial charge is 0.410 e. The number of nitro benzene ring substituents is 1. The Morgan fingerprint density at radius 2 is 1.79 bits per heavy atom. The van der Waals surface area contributed by atoms with Gasteiger partial charge in [0.2, 0.25) is 0 Å². The molecule has 0 saturated heterocycles. The number of anilines is 2. The Kier molecular flexibility index (Phi) is 2.86. The number of rotatable bonds is 1. The number of benzene rings is 2. The highest BCUT2D eigenvalue weighted by Gasteiger charge is 2.34. The van der Waals surface area contributed by atoms with Crippen LogP contribution in [0.5, 0.6) is 0 Å². The fourth-order valence-electron chi connectivity index (χ4n) is 2.93. The number of allylic oxidation sites excluding steroid dienone is 1. The molecule has 8 nitrogen and oxygen atoms in total. The molecule has 2 heterocycles. The number of carbonyl (C=O) groups is 1. The van der Waals surface area contributed by atoms with Gasteiger partial charge >= 0.3 is 0 Å². The van der Waals surface area contributed by atoms with E-state index in [-0.39, 0.29) is 17.3 Å². The van der Waals surface area contributed by atoms with Gasteiger partial charge in [-0.25, -0.2) is 0 Å². The van der Waals surface area contributed by atoms with Crippen molar-refractivity contribution in [2.75, 3.05) is 10.6 Å². The molecule has 0 saturated carbocycles. The molecule has 0 unspecified atom stereocenters. The lowest BCUT2D eigenvalue weighted by atomic mass is 10.0. The summed E-state index contributed by atoms with van der Waals surface area (Å²) < 4.78 is 0. The van der Waals surface area contributed by atoms with Crippen molar-refractivity contribution < 1.29 is 14.9 Å². The average Bonchev–Trinajstić information content (AvgIpc) is 3.09. The second-order valence-corrected chi connectivity index (χ2v) is 5.31. The van der Waals surface area contributed by atoms with Crippen LogP contribution >= 0.6 is 0 Å². The smallest absolute Gasteiger partial charge is 0.270 e. The van der Waals surface area contributed by atoms with Crippen LogP contribution in [0.2, 0.25) is 0 Å². The molecule has 0 spiro atoms. The van der Waals surface area contributed by atoms with E-state index >= 15 is 0 Å². The monoisotopic (exact) mass is 322 g/mol. The van der Waals surface area contributed by atoms with Crippen molar-refractivity contribution >= 4 is 34.3 Å². The minimum atomic E-state index is -0.530. The number of oxime groups is 1. The number of amides is 1. The van der Waals surface area contributed by atoms with Crippen LogP contribution in [-0.2, 0) is 4.79 Å². The van der Waals surface area contributed by atoms with Gasteiger partial charge in [0.25, 0.3) is 11.6 Å². The van der Waals surface area contributed by atoms with Crippen molar-refractivity contribution in [3.8, 4) is 0 Å². The van der Waals surface area contributed by atoms with Crippen LogP contribution < -0.4 is 10.6 Å². The molecule has 2 aliphatic heterocycles. The molecule has 0 fully saturated rings. The number of hydrogen-bond donors (Lipinski definition) is 3. The van der Waals surface area contributed by atoms with Crippen LogP contribution in [0.25, 0.3) is 5.57 Å². The highest BCUT2D eigenvalue weighted by molar-refractivity contribution is 6.39. The maximum absolute atomic E-state index is 12.4. The average molecular weight is 322 g/mol. The first-order valence-corrected chi connectivity index (χ1v) is 7.03. The Bertz CT molecular complexity index is 978. The molecule has 2 aromatic carbocycles. The van der Waals surface area contributed by atoms with E-state index in [2.05, 4.69) is 15.8 Å². The molecule has 1 amide bonds. The van der Waals surface area contributed by atoms with Gasteiger partial charge in [0, 0.05) is 34.6 Å². The summed E-state index contributed by atoms with van der Waals surface area (Å²) in [5, 5.41) is 29.4. The van der Waals surface area contributed by atoms with E-state index in [0.717, 1.165) is 0 Å². The standard InChI is InChI=1S/C16H10N4O4/c21-16-13(9-3-1-2-4-11(9)18-16)15-14(19-22)10-7-8(20(23)24)5-6-12(10)17-15/h1-7,17,22H,(H,18,21)/b15-13-,19-14-. The second-order valence-electron chi connectivity index (χ2n) is 5.31. The fraction of sp³-hybridized carbons (Fsp3) is 0. The number of nitrogens with one attached hydrogen (secondary N) is 2. The lowest BCUT2D eigenvalue weighted by molar-refractivity contribution is -0.384. The third-order valence-electron chi connectivity index (χ3n) is 3.99. The number of hydrogen-bond acceptors (Lipinski definition) is 6. The van der Waals surface area contributed by atoms with Gasteiger partial charge in [-0.2, -0.15) is 0 Å². The van der Waals surface area contributed by atoms with Crippen LogP contribution in [0.1, 0.15) is 11.1 Å². The summed E-state index contributed by atoms with van der Waals surface area (Å²) in [6, 6.07) is 11.3. The number of non-ortho nitro benzene ring substituents is 1. The normalized spacial score (nSPS) is 19.7. The summed E-state index contributed by atoms with van der Waals surface area (Å²) in [5.74, 6) is -0.331. The van der Waals surface area contributed by atoms with E-state index in [9.17, 15) is 20.1 Å². The minimum Gasteiger partial charge on any atom is -0.410 e. The molecule has 4 rings (SSSR count). The number of fused-ring (bicyclic) bond motifs is 2. The van der Waals surface area contributed by atoms with Gasteiger partial charge < -0.3 is 15.8 Å². The van der Waals surface area contributed by atoms with E-state index in [1.807, 2.05) is 0 Å². The molecule has 118 valence electrons. The highest BCUT2D eigenvalue weighted by Crippen LogP contribution is 2.39. The zero-order chi connectivity index (χ0) is 16.8. The molecular weight excluding hydrogens is 312 g/mol. The van der Waals surface area contributed by atoms with E-state index in [1.165, 1.54) is 18.2 Å². The first-order valence-electron chi connectivity index (χ1n) is 7.03. The molecule has 0 bridgehead atoms. The zero-order valence-corrected chi connectivity index (χ0v) is 12.1. The molecular formula is C16H10N4O4. The van der Waals surface area contributed by atoms with Crippen molar-refractivity contribution in [3.05, 3.63) is 69.4 Å². The van der Waals surface area contributed by atoms with Crippen LogP contribution in [0.3, 0.4) is 0 Å². The van der Waals surface area contributed by atoms with Crippen LogP contribution in [-0.4, -0.2) is 21.7 Å². The Morgan fingerprint density at radius 1 is 1.04 bits per heavy atom. The summed E-state index contributed by atoms with van der Waals surface area (Å²) in [6.07, 6.45) is 0. The van der Waals surface area contributed by atoms with Crippen LogP contribution in [0.4, 0.5) is 17.1 Å².